The van der Waals surface area contributed by atoms with Crippen molar-refractivity contribution >= 4 is 17.5 Å². The van der Waals surface area contributed by atoms with E-state index < -0.39 is 47.8 Å². The monoisotopic (exact) mass is 444 g/mol. The summed E-state index contributed by atoms with van der Waals surface area (Å²) in [5, 5.41) is 12.1. The summed E-state index contributed by atoms with van der Waals surface area (Å²) < 4.78 is 45.3. The van der Waals surface area contributed by atoms with Gasteiger partial charge in [-0.2, -0.15) is 13.2 Å². The molecule has 0 aliphatic carbocycles. The number of aliphatic hydroxyl groups excluding tert-OH is 1. The number of rotatable bonds is 3. The zero-order valence-corrected chi connectivity index (χ0v) is 17.2. The van der Waals surface area contributed by atoms with Gasteiger partial charge in [0.25, 0.3) is 5.91 Å². The largest absolute Gasteiger partial charge is 0.457 e. The maximum absolute atomic E-state index is 13.1. The van der Waals surface area contributed by atoms with E-state index in [4.69, 9.17) is 4.74 Å². The topological polar surface area (TPSA) is 88.0 Å². The van der Waals surface area contributed by atoms with Gasteiger partial charge < -0.3 is 15.2 Å². The van der Waals surface area contributed by atoms with Crippen molar-refractivity contribution in [1.29, 1.82) is 0 Å². The maximum atomic E-state index is 13.1. The number of amides is 2. The number of aryl methyl sites for hydroxylation is 2. The number of fused-ring (bicyclic) bond motifs is 2. The molecule has 0 fully saturated rings. The number of nitrogens with zero attached hydrogens (tertiary/aromatic N) is 1. The third-order valence-corrected chi connectivity index (χ3v) is 5.35. The van der Waals surface area contributed by atoms with Crippen LogP contribution < -0.4 is 10.1 Å². The van der Waals surface area contributed by atoms with Gasteiger partial charge in [0.1, 0.15) is 17.4 Å². The van der Waals surface area contributed by atoms with Crippen molar-refractivity contribution in [2.75, 3.05) is 6.61 Å². The van der Waals surface area contributed by atoms with Gasteiger partial charge in [0, 0.05) is 16.7 Å². The van der Waals surface area contributed by atoms with Gasteiger partial charge in [-0.05, 0) is 37.1 Å². The Morgan fingerprint density at radius 2 is 1.66 bits per heavy atom. The minimum absolute atomic E-state index is 0.535. The number of aliphatic imine (C=N–C) groups is 1. The van der Waals surface area contributed by atoms with E-state index in [1.54, 1.807) is 12.1 Å². The molecule has 2 N–H and O–H groups in total. The van der Waals surface area contributed by atoms with E-state index in [2.05, 4.69) is 10.3 Å². The molecule has 0 saturated carbocycles. The highest BCUT2D eigenvalue weighted by Crippen LogP contribution is 2.43. The van der Waals surface area contributed by atoms with Crippen molar-refractivity contribution in [2.24, 2.45) is 10.9 Å². The van der Waals surface area contributed by atoms with Crippen molar-refractivity contribution in [1.82, 2.24) is 5.32 Å². The summed E-state index contributed by atoms with van der Waals surface area (Å²) in [6.07, 6.45) is -4.10. The van der Waals surface area contributed by atoms with Crippen molar-refractivity contribution in [3.05, 3.63) is 70.3 Å². The van der Waals surface area contributed by atoms with E-state index in [1.165, 1.54) is 0 Å². The summed E-state index contributed by atoms with van der Waals surface area (Å²) in [6, 6.07) is 10.2. The van der Waals surface area contributed by atoms with Gasteiger partial charge in [-0.15, -0.1) is 0 Å². The van der Waals surface area contributed by atoms with Crippen molar-refractivity contribution in [2.45, 2.75) is 26.1 Å². The molecule has 0 spiro atoms. The Hall–Kier alpha value is -3.46. The fourth-order valence-electron chi connectivity index (χ4n) is 3.77. The highest BCUT2D eigenvalue weighted by Gasteiger charge is 2.43. The molecule has 1 atom stereocenters. The molecule has 0 saturated heterocycles. The van der Waals surface area contributed by atoms with E-state index in [9.17, 15) is 27.9 Å². The fraction of sp³-hybridized carbons (Fsp3) is 0.261. The van der Waals surface area contributed by atoms with Crippen LogP contribution in [0.3, 0.4) is 0 Å². The second-order valence-corrected chi connectivity index (χ2v) is 7.75. The number of carbonyl (C=O) groups excluding carboxylic acids is 2. The van der Waals surface area contributed by atoms with Crippen LogP contribution in [0.2, 0.25) is 0 Å². The van der Waals surface area contributed by atoms with Crippen LogP contribution in [0.15, 0.2) is 53.0 Å². The number of hydrogen-bond donors (Lipinski definition) is 2. The van der Waals surface area contributed by atoms with Crippen LogP contribution in [0.25, 0.3) is 0 Å². The van der Waals surface area contributed by atoms with Crippen LogP contribution in [0.5, 0.6) is 11.5 Å². The van der Waals surface area contributed by atoms with E-state index in [-0.39, 0.29) is 0 Å². The van der Waals surface area contributed by atoms with Crippen LogP contribution in [0.1, 0.15) is 28.3 Å². The first-order valence-corrected chi connectivity index (χ1v) is 9.79. The summed E-state index contributed by atoms with van der Waals surface area (Å²) in [4.78, 5) is 28.3. The molecular formula is C23H19F3N2O4. The molecule has 2 aromatic rings. The smallest absolute Gasteiger partial charge is 0.433 e. The average molecular weight is 444 g/mol. The summed E-state index contributed by atoms with van der Waals surface area (Å²) in [7, 11) is 0. The standard InChI is InChI=1S/C23H19F3N2O4/c1-11-3-5-14-17(7-11)32-18-8-12(2)4-6-15(18)19(14)27-21(30)16-9-13(10-29)20(23(24,25)26)28-22(16)31/h3-9,16,19,29H,10H2,1-2H3,(H,27,30). The number of nitrogens with one attached hydrogen (secondary N) is 1. The third kappa shape index (κ3) is 3.91. The molecular weight excluding hydrogens is 425 g/mol. The molecule has 2 aliphatic heterocycles. The zero-order chi connectivity index (χ0) is 23.2. The van der Waals surface area contributed by atoms with E-state index >= 15 is 0 Å². The molecule has 166 valence electrons. The van der Waals surface area contributed by atoms with Crippen molar-refractivity contribution in [3.8, 4) is 11.5 Å². The fourth-order valence-corrected chi connectivity index (χ4v) is 3.77. The van der Waals surface area contributed by atoms with Gasteiger partial charge in [0.05, 0.1) is 12.6 Å². The SMILES string of the molecule is Cc1ccc2c(c1)Oc1cc(C)ccc1C2NC(=O)C1C=C(CO)C(C(F)(F)F)=NC1=O. The normalized spacial score (nSPS) is 18.2. The van der Waals surface area contributed by atoms with Crippen molar-refractivity contribution in [3.63, 3.8) is 0 Å². The maximum Gasteiger partial charge on any atom is 0.433 e. The quantitative estimate of drug-likeness (QED) is 0.707. The minimum Gasteiger partial charge on any atom is -0.457 e. The minimum atomic E-state index is -4.92. The van der Waals surface area contributed by atoms with E-state index in [0.29, 0.717) is 22.6 Å². The first-order chi connectivity index (χ1) is 15.1. The Morgan fingerprint density at radius 3 is 2.16 bits per heavy atom. The summed E-state index contributed by atoms with van der Waals surface area (Å²) in [6.45, 7) is 2.78. The number of benzene rings is 2. The zero-order valence-electron chi connectivity index (χ0n) is 17.2. The molecule has 2 heterocycles. The second-order valence-electron chi connectivity index (χ2n) is 7.75. The average Bonchev–Trinajstić information content (AvgIpc) is 2.72. The molecule has 2 aromatic carbocycles. The lowest BCUT2D eigenvalue weighted by atomic mass is 9.91. The number of hydrogen-bond acceptors (Lipinski definition) is 4. The van der Waals surface area contributed by atoms with Crippen LogP contribution >= 0.6 is 0 Å². The predicted molar refractivity (Wildman–Crippen MR) is 110 cm³/mol. The van der Waals surface area contributed by atoms with Gasteiger partial charge in [0.2, 0.25) is 5.91 Å². The first kappa shape index (κ1) is 21.8. The van der Waals surface area contributed by atoms with Crippen LogP contribution in [0, 0.1) is 19.8 Å². The molecule has 4 rings (SSSR count). The highest BCUT2D eigenvalue weighted by molar-refractivity contribution is 6.17. The molecule has 1 unspecified atom stereocenters. The van der Waals surface area contributed by atoms with Crippen LogP contribution in [-0.4, -0.2) is 35.4 Å². The van der Waals surface area contributed by atoms with Crippen LogP contribution in [0.4, 0.5) is 13.2 Å². The van der Waals surface area contributed by atoms with Crippen LogP contribution in [-0.2, 0) is 9.59 Å². The molecule has 0 aromatic heterocycles. The Morgan fingerprint density at radius 1 is 1.09 bits per heavy atom. The Kier molecular flexibility index (Phi) is 5.37. The van der Waals surface area contributed by atoms with Crippen molar-refractivity contribution < 1.29 is 32.6 Å². The molecule has 9 heteroatoms. The first-order valence-electron chi connectivity index (χ1n) is 9.79. The lowest BCUT2D eigenvalue weighted by Gasteiger charge is -2.30. The number of halogens is 3. The Bertz CT molecular complexity index is 1130. The predicted octanol–water partition coefficient (Wildman–Crippen LogP) is 3.69. The van der Waals surface area contributed by atoms with E-state index in [0.717, 1.165) is 17.2 Å². The van der Waals surface area contributed by atoms with Gasteiger partial charge >= 0.3 is 6.18 Å². The Balaban J connectivity index is 1.69. The second kappa shape index (κ2) is 7.90. The summed E-state index contributed by atoms with van der Waals surface area (Å²) in [5.41, 5.74) is 1.08. The lowest BCUT2D eigenvalue weighted by molar-refractivity contribution is -0.132. The molecule has 0 bridgehead atoms. The van der Waals surface area contributed by atoms with Gasteiger partial charge in [-0.1, -0.05) is 30.3 Å². The molecule has 0 radical (unpaired) electrons. The summed E-state index contributed by atoms with van der Waals surface area (Å²) in [5.74, 6) is -2.59. The number of alkyl halides is 3. The highest BCUT2D eigenvalue weighted by atomic mass is 19.4. The number of dihydropyridines is 1. The molecule has 32 heavy (non-hydrogen) atoms. The lowest BCUT2D eigenvalue weighted by Crippen LogP contribution is -2.41. The van der Waals surface area contributed by atoms with Gasteiger partial charge in [-0.3, -0.25) is 9.59 Å². The third-order valence-electron chi connectivity index (χ3n) is 5.35. The number of carbonyl (C=O) groups is 2. The molecule has 2 aliphatic rings. The Labute approximate surface area is 181 Å². The van der Waals surface area contributed by atoms with Gasteiger partial charge in [0.15, 0.2) is 5.71 Å². The molecule has 6 nitrogen and oxygen atoms in total. The van der Waals surface area contributed by atoms with E-state index in [1.807, 2.05) is 38.1 Å². The number of ether oxygens (including phenoxy) is 1. The molecule has 2 amide bonds. The summed E-state index contributed by atoms with van der Waals surface area (Å²) >= 11 is 0. The van der Waals surface area contributed by atoms with Gasteiger partial charge in [-0.25, -0.2) is 4.99 Å². The number of aliphatic hydroxyl groups is 1.